The number of carbonyl (C=O) groups is 1. The minimum absolute atomic E-state index is 0.131. The summed E-state index contributed by atoms with van der Waals surface area (Å²) in [5, 5.41) is 9.26. The van der Waals surface area contributed by atoms with Crippen LogP contribution in [0, 0.1) is 5.92 Å². The third kappa shape index (κ3) is 3.48. The lowest BCUT2D eigenvalue weighted by molar-refractivity contribution is -0.143. The van der Waals surface area contributed by atoms with Crippen molar-refractivity contribution >= 4 is 5.97 Å². The Morgan fingerprint density at radius 1 is 1.24 bits per heavy atom. The molecule has 0 radical (unpaired) electrons. The van der Waals surface area contributed by atoms with Gasteiger partial charge in [-0.1, -0.05) is 51.0 Å². The van der Waals surface area contributed by atoms with Gasteiger partial charge in [0.15, 0.2) is 0 Å². The van der Waals surface area contributed by atoms with Crippen molar-refractivity contribution in [2.75, 3.05) is 0 Å². The van der Waals surface area contributed by atoms with Gasteiger partial charge in [0.1, 0.15) is 0 Å². The molecule has 0 saturated heterocycles. The molecule has 0 aromatic heterocycles. The second kappa shape index (κ2) is 7.11. The molecule has 0 heterocycles. The van der Waals surface area contributed by atoms with Gasteiger partial charge >= 0.3 is 5.97 Å². The van der Waals surface area contributed by atoms with E-state index in [-0.39, 0.29) is 11.3 Å². The first-order chi connectivity index (χ1) is 10.1. The van der Waals surface area contributed by atoms with E-state index in [0.717, 1.165) is 32.1 Å². The van der Waals surface area contributed by atoms with E-state index >= 15 is 0 Å². The molecular weight excluding hydrogens is 260 g/mol. The highest BCUT2D eigenvalue weighted by molar-refractivity contribution is 5.70. The normalized spacial score (nSPS) is 25.7. The first-order valence-corrected chi connectivity index (χ1v) is 8.44. The van der Waals surface area contributed by atoms with Crippen molar-refractivity contribution in [2.24, 2.45) is 5.92 Å². The highest BCUT2D eigenvalue weighted by Crippen LogP contribution is 2.46. The first-order valence-electron chi connectivity index (χ1n) is 8.44. The Hall–Kier alpha value is -1.31. The molecular formula is C19H28O2. The molecule has 2 nitrogen and oxygen atoms in total. The molecule has 0 amide bonds. The van der Waals surface area contributed by atoms with Gasteiger partial charge in [-0.3, -0.25) is 4.79 Å². The van der Waals surface area contributed by atoms with Crippen molar-refractivity contribution in [1.82, 2.24) is 0 Å². The molecule has 21 heavy (non-hydrogen) atoms. The van der Waals surface area contributed by atoms with Gasteiger partial charge in [-0.25, -0.2) is 0 Å². The number of benzene rings is 1. The van der Waals surface area contributed by atoms with Gasteiger partial charge in [0.2, 0.25) is 0 Å². The van der Waals surface area contributed by atoms with Crippen LogP contribution >= 0.6 is 0 Å². The van der Waals surface area contributed by atoms with Crippen LogP contribution in [-0.2, 0) is 16.6 Å². The number of hydrogen-bond acceptors (Lipinski definition) is 1. The van der Waals surface area contributed by atoms with Gasteiger partial charge in [0, 0.05) is 0 Å². The Morgan fingerprint density at radius 3 is 2.48 bits per heavy atom. The summed E-state index contributed by atoms with van der Waals surface area (Å²) in [6.07, 6.45) is 8.42. The van der Waals surface area contributed by atoms with Crippen molar-refractivity contribution in [1.29, 1.82) is 0 Å². The van der Waals surface area contributed by atoms with Crippen LogP contribution in [0.1, 0.15) is 69.9 Å². The summed E-state index contributed by atoms with van der Waals surface area (Å²) in [7, 11) is 0. The second-order valence-electron chi connectivity index (χ2n) is 6.51. The Morgan fingerprint density at radius 2 is 1.90 bits per heavy atom. The smallest absolute Gasteiger partial charge is 0.306 e. The molecule has 0 atom stereocenters. The lowest BCUT2D eigenvalue weighted by Crippen LogP contribution is -2.35. The predicted molar refractivity (Wildman–Crippen MR) is 86.6 cm³/mol. The Labute approximate surface area is 128 Å². The number of hydrogen-bond donors (Lipinski definition) is 1. The minimum Gasteiger partial charge on any atom is -0.481 e. The topological polar surface area (TPSA) is 37.3 Å². The monoisotopic (exact) mass is 288 g/mol. The van der Waals surface area contributed by atoms with Crippen molar-refractivity contribution in [3.05, 3.63) is 35.4 Å². The molecule has 1 N–H and O–H groups in total. The molecule has 116 valence electrons. The maximum Gasteiger partial charge on any atom is 0.306 e. The Bertz CT molecular complexity index is 470. The van der Waals surface area contributed by atoms with Crippen LogP contribution in [0.2, 0.25) is 0 Å². The van der Waals surface area contributed by atoms with Crippen LogP contribution in [0.5, 0.6) is 0 Å². The molecule has 1 aliphatic rings. The standard InChI is InChI=1S/C19H28O2/c1-3-5-12-19(13-10-16(11-14-19)18(20)21)17-9-7-6-8-15(17)4-2/h6-9,16H,3-5,10-14H2,1-2H3,(H,20,21). The number of carboxylic acid groups (broad SMARTS) is 1. The predicted octanol–water partition coefficient (Wildman–Crippen LogP) is 4.95. The molecule has 2 heteroatoms. The zero-order valence-corrected chi connectivity index (χ0v) is 13.4. The van der Waals surface area contributed by atoms with Crippen molar-refractivity contribution in [2.45, 2.75) is 70.6 Å². The quantitative estimate of drug-likeness (QED) is 0.804. The van der Waals surface area contributed by atoms with Crippen LogP contribution < -0.4 is 0 Å². The van der Waals surface area contributed by atoms with E-state index in [1.807, 2.05) is 0 Å². The van der Waals surface area contributed by atoms with Crippen LogP contribution in [0.15, 0.2) is 24.3 Å². The molecule has 1 aromatic rings. The summed E-state index contributed by atoms with van der Waals surface area (Å²) in [4.78, 5) is 11.2. The zero-order valence-electron chi connectivity index (χ0n) is 13.4. The molecule has 1 saturated carbocycles. The molecule has 2 rings (SSSR count). The lowest BCUT2D eigenvalue weighted by Gasteiger charge is -2.41. The van der Waals surface area contributed by atoms with Crippen LogP contribution in [0.25, 0.3) is 0 Å². The fraction of sp³-hybridized carbons (Fsp3) is 0.632. The highest BCUT2D eigenvalue weighted by Gasteiger charge is 2.39. The molecule has 0 bridgehead atoms. The van der Waals surface area contributed by atoms with E-state index < -0.39 is 5.97 Å². The third-order valence-corrected chi connectivity index (χ3v) is 5.27. The molecule has 0 spiro atoms. The van der Waals surface area contributed by atoms with Crippen molar-refractivity contribution < 1.29 is 9.90 Å². The van der Waals surface area contributed by atoms with Crippen molar-refractivity contribution in [3.8, 4) is 0 Å². The SMILES string of the molecule is CCCCC1(c2ccccc2CC)CCC(C(=O)O)CC1. The fourth-order valence-corrected chi connectivity index (χ4v) is 3.93. The first kappa shape index (κ1) is 16.1. The number of unbranched alkanes of at least 4 members (excludes halogenated alkanes) is 1. The summed E-state index contributed by atoms with van der Waals surface area (Å²) < 4.78 is 0. The lowest BCUT2D eigenvalue weighted by atomic mass is 9.63. The summed E-state index contributed by atoms with van der Waals surface area (Å²) in [5.74, 6) is -0.739. The average molecular weight is 288 g/mol. The number of carboxylic acids is 1. The maximum absolute atomic E-state index is 11.2. The molecule has 1 aliphatic carbocycles. The van der Waals surface area contributed by atoms with E-state index in [0.29, 0.717) is 0 Å². The van der Waals surface area contributed by atoms with Gasteiger partial charge in [-0.2, -0.15) is 0 Å². The molecule has 0 unspecified atom stereocenters. The van der Waals surface area contributed by atoms with Gasteiger partial charge in [-0.05, 0) is 55.1 Å². The largest absolute Gasteiger partial charge is 0.481 e. The van der Waals surface area contributed by atoms with Gasteiger partial charge in [0.05, 0.1) is 5.92 Å². The molecule has 1 aromatic carbocycles. The zero-order chi connectivity index (χ0) is 15.3. The van der Waals surface area contributed by atoms with Crippen LogP contribution in [0.3, 0.4) is 0 Å². The second-order valence-corrected chi connectivity index (χ2v) is 6.51. The molecule has 1 fully saturated rings. The van der Waals surface area contributed by atoms with E-state index in [9.17, 15) is 9.90 Å². The van der Waals surface area contributed by atoms with Gasteiger partial charge in [-0.15, -0.1) is 0 Å². The number of aliphatic carboxylic acids is 1. The van der Waals surface area contributed by atoms with Gasteiger partial charge < -0.3 is 5.11 Å². The average Bonchev–Trinajstić information content (AvgIpc) is 2.53. The van der Waals surface area contributed by atoms with E-state index in [1.54, 1.807) is 0 Å². The maximum atomic E-state index is 11.2. The van der Waals surface area contributed by atoms with Crippen LogP contribution in [-0.4, -0.2) is 11.1 Å². The summed E-state index contributed by atoms with van der Waals surface area (Å²) in [5.41, 5.74) is 3.15. The number of aryl methyl sites for hydroxylation is 1. The third-order valence-electron chi connectivity index (χ3n) is 5.27. The fourth-order valence-electron chi connectivity index (χ4n) is 3.93. The summed E-state index contributed by atoms with van der Waals surface area (Å²) in [6, 6.07) is 8.80. The highest BCUT2D eigenvalue weighted by atomic mass is 16.4. The summed E-state index contributed by atoms with van der Waals surface area (Å²) in [6.45, 7) is 4.46. The molecule has 0 aliphatic heterocycles. The van der Waals surface area contributed by atoms with E-state index in [1.165, 1.54) is 30.4 Å². The summed E-state index contributed by atoms with van der Waals surface area (Å²) >= 11 is 0. The number of rotatable bonds is 6. The Balaban J connectivity index is 2.28. The van der Waals surface area contributed by atoms with E-state index in [2.05, 4.69) is 38.1 Å². The minimum atomic E-state index is -0.608. The Kier molecular flexibility index (Phi) is 5.44. The van der Waals surface area contributed by atoms with Crippen LogP contribution in [0.4, 0.5) is 0 Å². The van der Waals surface area contributed by atoms with Crippen molar-refractivity contribution in [3.63, 3.8) is 0 Å². The van der Waals surface area contributed by atoms with Gasteiger partial charge in [0.25, 0.3) is 0 Å². The van der Waals surface area contributed by atoms with E-state index in [4.69, 9.17) is 0 Å².